The van der Waals surface area contributed by atoms with Gasteiger partial charge in [0.2, 0.25) is 0 Å². The van der Waals surface area contributed by atoms with Gasteiger partial charge in [-0.3, -0.25) is 4.79 Å². The van der Waals surface area contributed by atoms with Crippen molar-refractivity contribution < 1.29 is 19.4 Å². The number of nitrogens with one attached hydrogen (secondary N) is 1. The highest BCUT2D eigenvalue weighted by Gasteiger charge is 2.34. The summed E-state index contributed by atoms with van der Waals surface area (Å²) >= 11 is 0. The van der Waals surface area contributed by atoms with Gasteiger partial charge in [0.25, 0.3) is 5.91 Å². The maximum Gasteiger partial charge on any atom is 0.356 e. The normalized spacial score (nSPS) is 15.7. The second kappa shape index (κ2) is 8.16. The van der Waals surface area contributed by atoms with E-state index in [1.54, 1.807) is 7.11 Å². The molecule has 0 radical (unpaired) electrons. The number of ether oxygens (including phenoxy) is 1. The molecule has 0 atom stereocenters. The lowest BCUT2D eigenvalue weighted by Gasteiger charge is -2.38. The van der Waals surface area contributed by atoms with Crippen LogP contribution in [0.3, 0.4) is 0 Å². The van der Waals surface area contributed by atoms with Crippen LogP contribution < -0.4 is 10.1 Å². The molecule has 0 unspecified atom stereocenters. The molecule has 0 bridgehead atoms. The fourth-order valence-corrected chi connectivity index (χ4v) is 3.64. The van der Waals surface area contributed by atoms with Gasteiger partial charge in [-0.15, -0.1) is 0 Å². The zero-order chi connectivity index (χ0) is 19.3. The Morgan fingerprint density at radius 2 is 1.70 bits per heavy atom. The second-order valence-corrected chi connectivity index (χ2v) is 6.84. The average molecular weight is 369 g/mol. The first-order valence-corrected chi connectivity index (χ1v) is 9.02. The van der Waals surface area contributed by atoms with E-state index in [9.17, 15) is 9.59 Å². The molecule has 1 heterocycles. The van der Waals surface area contributed by atoms with E-state index < -0.39 is 5.97 Å². The smallest absolute Gasteiger partial charge is 0.356 e. The number of carboxylic acid groups (broad SMARTS) is 1. The minimum Gasteiger partial charge on any atom is -0.497 e. The largest absolute Gasteiger partial charge is 0.497 e. The van der Waals surface area contributed by atoms with Gasteiger partial charge in [0, 0.05) is 12.0 Å². The monoisotopic (exact) mass is 369 g/mol. The van der Waals surface area contributed by atoms with Gasteiger partial charge < -0.3 is 15.2 Å². The highest BCUT2D eigenvalue weighted by Crippen LogP contribution is 2.39. The van der Waals surface area contributed by atoms with E-state index in [0.717, 1.165) is 37.6 Å². The number of carbonyl (C=O) groups is 2. The Morgan fingerprint density at radius 1 is 1.07 bits per heavy atom. The van der Waals surface area contributed by atoms with Crippen LogP contribution in [0.4, 0.5) is 0 Å². The van der Waals surface area contributed by atoms with Crippen molar-refractivity contribution in [3.63, 3.8) is 0 Å². The molecule has 2 N–H and O–H groups in total. The van der Waals surface area contributed by atoms with Crippen LogP contribution in [-0.4, -0.2) is 40.6 Å². The van der Waals surface area contributed by atoms with Gasteiger partial charge in [0.1, 0.15) is 11.4 Å². The fourth-order valence-electron chi connectivity index (χ4n) is 3.64. The van der Waals surface area contributed by atoms with Crippen molar-refractivity contribution in [1.29, 1.82) is 0 Å². The van der Waals surface area contributed by atoms with E-state index >= 15 is 0 Å². The number of benzene rings is 1. The van der Waals surface area contributed by atoms with Gasteiger partial charge in [-0.1, -0.05) is 31.4 Å². The first kappa shape index (κ1) is 18.8. The predicted molar refractivity (Wildman–Crippen MR) is 99.1 cm³/mol. The fraction of sp³-hybridized carbons (Fsp3) is 0.400. The van der Waals surface area contributed by atoms with E-state index in [0.29, 0.717) is 6.54 Å². The third-order valence-corrected chi connectivity index (χ3v) is 5.20. The first-order valence-electron chi connectivity index (χ1n) is 9.02. The Labute approximate surface area is 157 Å². The molecule has 1 fully saturated rings. The Bertz CT molecular complexity index is 797. The van der Waals surface area contributed by atoms with Crippen molar-refractivity contribution in [3.8, 4) is 5.75 Å². The maximum absolute atomic E-state index is 12.5. The van der Waals surface area contributed by atoms with Crippen molar-refractivity contribution in [3.05, 3.63) is 53.6 Å². The summed E-state index contributed by atoms with van der Waals surface area (Å²) in [6, 6.07) is 8.03. The number of rotatable bonds is 6. The number of methoxy groups -OCH3 is 1. The molecule has 1 aromatic heterocycles. The highest BCUT2D eigenvalue weighted by molar-refractivity contribution is 5.92. The number of amides is 1. The zero-order valence-corrected chi connectivity index (χ0v) is 15.3. The first-order chi connectivity index (χ1) is 13.0. The Kier molecular flexibility index (Phi) is 5.69. The lowest BCUT2D eigenvalue weighted by molar-refractivity contribution is 0.0689. The molecular weight excluding hydrogens is 346 g/mol. The predicted octanol–water partition coefficient (Wildman–Crippen LogP) is 2.82. The second-order valence-electron chi connectivity index (χ2n) is 6.84. The summed E-state index contributed by atoms with van der Waals surface area (Å²) in [6.45, 7) is 0.501. The number of hydrogen-bond donors (Lipinski definition) is 2. The Morgan fingerprint density at radius 3 is 2.26 bits per heavy atom. The van der Waals surface area contributed by atoms with Gasteiger partial charge in [-0.2, -0.15) is 0 Å². The molecule has 1 aliphatic carbocycles. The van der Waals surface area contributed by atoms with Crippen LogP contribution in [0.25, 0.3) is 0 Å². The van der Waals surface area contributed by atoms with Gasteiger partial charge in [0.15, 0.2) is 5.69 Å². The molecule has 0 saturated heterocycles. The van der Waals surface area contributed by atoms with Crippen molar-refractivity contribution >= 4 is 11.9 Å². The number of carboxylic acids is 1. The molecule has 0 spiro atoms. The molecule has 1 aliphatic rings. The number of aromatic nitrogens is 2. The number of aromatic carboxylic acids is 1. The minimum atomic E-state index is -1.17. The number of nitrogens with zero attached hydrogens (tertiary/aromatic N) is 2. The van der Waals surface area contributed by atoms with Crippen molar-refractivity contribution in [1.82, 2.24) is 15.3 Å². The quantitative estimate of drug-likeness (QED) is 0.812. The van der Waals surface area contributed by atoms with Gasteiger partial charge in [0.05, 0.1) is 19.5 Å². The van der Waals surface area contributed by atoms with Gasteiger partial charge >= 0.3 is 5.97 Å². The SMILES string of the molecule is COc1ccc(C2(CNC(=O)c3cnc(C(=O)O)cn3)CCCCC2)cc1. The van der Waals surface area contributed by atoms with Gasteiger partial charge in [-0.25, -0.2) is 14.8 Å². The standard InChI is InChI=1S/C20H23N3O4/c1-27-15-7-5-14(6-8-15)20(9-3-2-4-10-20)13-23-18(24)16-11-22-17(12-21-16)19(25)26/h5-8,11-12H,2-4,9-10,13H2,1H3,(H,23,24)(H,25,26). The molecule has 7 heteroatoms. The molecule has 142 valence electrons. The summed E-state index contributed by atoms with van der Waals surface area (Å²) in [5.74, 6) is -0.712. The number of carbonyl (C=O) groups excluding carboxylic acids is 1. The Balaban J connectivity index is 1.74. The summed E-state index contributed by atoms with van der Waals surface area (Å²) < 4.78 is 5.25. The lowest BCUT2D eigenvalue weighted by Crippen LogP contribution is -2.42. The van der Waals surface area contributed by atoms with Gasteiger partial charge in [-0.05, 0) is 30.5 Å². The maximum atomic E-state index is 12.5. The summed E-state index contributed by atoms with van der Waals surface area (Å²) in [6.07, 6.45) is 7.74. The van der Waals surface area contributed by atoms with Crippen LogP contribution in [0.1, 0.15) is 58.6 Å². The molecule has 27 heavy (non-hydrogen) atoms. The molecular formula is C20H23N3O4. The van der Waals surface area contributed by atoms with E-state index in [1.165, 1.54) is 18.2 Å². The summed E-state index contributed by atoms with van der Waals surface area (Å²) in [5.41, 5.74) is 0.999. The molecule has 7 nitrogen and oxygen atoms in total. The van der Waals surface area contributed by atoms with Crippen molar-refractivity contribution in [2.24, 2.45) is 0 Å². The van der Waals surface area contributed by atoms with Crippen LogP contribution in [0, 0.1) is 0 Å². The number of hydrogen-bond acceptors (Lipinski definition) is 5. The molecule has 1 amide bonds. The van der Waals surface area contributed by atoms with E-state index in [2.05, 4.69) is 27.4 Å². The topological polar surface area (TPSA) is 101 Å². The summed E-state index contributed by atoms with van der Waals surface area (Å²) in [7, 11) is 1.64. The van der Waals surface area contributed by atoms with Crippen molar-refractivity contribution in [2.45, 2.75) is 37.5 Å². The lowest BCUT2D eigenvalue weighted by atomic mass is 9.69. The minimum absolute atomic E-state index is 0.112. The van der Waals surface area contributed by atoms with Crippen LogP contribution in [0.5, 0.6) is 5.75 Å². The Hall–Kier alpha value is -2.96. The van der Waals surface area contributed by atoms with Crippen LogP contribution in [0.2, 0.25) is 0 Å². The molecule has 1 aromatic carbocycles. The van der Waals surface area contributed by atoms with Crippen LogP contribution >= 0.6 is 0 Å². The van der Waals surface area contributed by atoms with E-state index in [4.69, 9.17) is 9.84 Å². The third-order valence-electron chi connectivity index (χ3n) is 5.20. The molecule has 2 aromatic rings. The zero-order valence-electron chi connectivity index (χ0n) is 15.3. The van der Waals surface area contributed by atoms with Crippen molar-refractivity contribution in [2.75, 3.05) is 13.7 Å². The van der Waals surface area contributed by atoms with Crippen LogP contribution in [0.15, 0.2) is 36.7 Å². The summed E-state index contributed by atoms with van der Waals surface area (Å²) in [4.78, 5) is 31.0. The highest BCUT2D eigenvalue weighted by atomic mass is 16.5. The van der Waals surface area contributed by atoms with E-state index in [-0.39, 0.29) is 22.7 Å². The summed E-state index contributed by atoms with van der Waals surface area (Å²) in [5, 5.41) is 11.8. The van der Waals surface area contributed by atoms with E-state index in [1.807, 2.05) is 12.1 Å². The third kappa shape index (κ3) is 4.24. The molecule has 0 aliphatic heterocycles. The molecule has 1 saturated carbocycles. The molecule has 3 rings (SSSR count). The van der Waals surface area contributed by atoms with Crippen LogP contribution in [-0.2, 0) is 5.41 Å². The average Bonchev–Trinajstić information content (AvgIpc) is 2.73.